The minimum absolute atomic E-state index is 0.196. The summed E-state index contributed by atoms with van der Waals surface area (Å²) in [7, 11) is 1.59. The number of nitrogens with zero attached hydrogens (tertiary/aromatic N) is 2. The van der Waals surface area contributed by atoms with Crippen molar-refractivity contribution in [2.24, 2.45) is 0 Å². The van der Waals surface area contributed by atoms with E-state index in [0.717, 1.165) is 0 Å². The van der Waals surface area contributed by atoms with Gasteiger partial charge in [0, 0.05) is 17.8 Å². The molecule has 0 atom stereocenters. The summed E-state index contributed by atoms with van der Waals surface area (Å²) in [5, 5.41) is 7.21. The number of carbonyl (C=O) groups excluding carboxylic acids is 1. The fourth-order valence-corrected chi connectivity index (χ4v) is 2.41. The number of hydrogen-bond acceptors (Lipinski definition) is 3. The highest BCUT2D eigenvalue weighted by Crippen LogP contribution is 2.14. The average molecular weight is 321 g/mol. The smallest absolute Gasteiger partial charge is 0.256 e. The van der Waals surface area contributed by atoms with Gasteiger partial charge in [0.15, 0.2) is 5.82 Å². The Hall–Kier alpha value is -3.08. The summed E-state index contributed by atoms with van der Waals surface area (Å²) in [5.74, 6) is 1.05. The number of hydrogen-bond donors (Lipinski definition) is 1. The molecule has 0 aliphatic rings. The molecule has 0 bridgehead atoms. The lowest BCUT2D eigenvalue weighted by Gasteiger charge is -2.06. The van der Waals surface area contributed by atoms with Gasteiger partial charge in [-0.05, 0) is 42.3 Å². The van der Waals surface area contributed by atoms with E-state index < -0.39 is 0 Å². The van der Waals surface area contributed by atoms with Crippen LogP contribution in [0.2, 0.25) is 0 Å². The van der Waals surface area contributed by atoms with Crippen LogP contribution in [0.25, 0.3) is 0 Å². The van der Waals surface area contributed by atoms with Crippen LogP contribution in [-0.2, 0) is 6.54 Å². The van der Waals surface area contributed by atoms with Crippen LogP contribution in [-0.4, -0.2) is 22.8 Å². The Morgan fingerprint density at radius 1 is 1.12 bits per heavy atom. The lowest BCUT2D eigenvalue weighted by atomic mass is 10.1. The van der Waals surface area contributed by atoms with Crippen molar-refractivity contribution in [1.82, 2.24) is 9.78 Å². The van der Waals surface area contributed by atoms with E-state index in [4.69, 9.17) is 4.74 Å². The van der Waals surface area contributed by atoms with E-state index in [0.29, 0.717) is 23.7 Å². The van der Waals surface area contributed by atoms with Crippen molar-refractivity contribution in [2.75, 3.05) is 12.4 Å². The zero-order valence-corrected chi connectivity index (χ0v) is 13.7. The lowest BCUT2D eigenvalue weighted by Crippen LogP contribution is -2.12. The molecule has 0 aliphatic carbocycles. The van der Waals surface area contributed by atoms with Crippen molar-refractivity contribution in [3.63, 3.8) is 0 Å². The fraction of sp³-hybridized carbons (Fsp3) is 0.158. The molecular weight excluding hydrogens is 302 g/mol. The average Bonchev–Trinajstić information content (AvgIpc) is 3.04. The van der Waals surface area contributed by atoms with Crippen LogP contribution in [0.4, 0.5) is 5.82 Å². The molecule has 0 fully saturated rings. The van der Waals surface area contributed by atoms with Crippen LogP contribution in [0.1, 0.15) is 21.5 Å². The molecule has 5 heteroatoms. The molecule has 1 aromatic heterocycles. The van der Waals surface area contributed by atoms with E-state index in [1.54, 1.807) is 37.4 Å². The van der Waals surface area contributed by atoms with Gasteiger partial charge >= 0.3 is 0 Å². The molecule has 1 heterocycles. The molecule has 0 saturated heterocycles. The standard InChI is InChI=1S/C19H19N3O2/c1-14-5-3-4-6-16(14)13-22-12-11-18(21-22)20-19(23)15-7-9-17(24-2)10-8-15/h3-12H,13H2,1-2H3,(H,20,21,23). The van der Waals surface area contributed by atoms with Crippen LogP contribution in [0, 0.1) is 6.92 Å². The maximum atomic E-state index is 12.2. The molecule has 1 N–H and O–H groups in total. The molecule has 122 valence electrons. The molecular formula is C19H19N3O2. The number of amides is 1. The predicted molar refractivity (Wildman–Crippen MR) is 93.5 cm³/mol. The summed E-state index contributed by atoms with van der Waals surface area (Å²) in [6, 6.07) is 16.9. The minimum atomic E-state index is -0.196. The van der Waals surface area contributed by atoms with E-state index in [1.807, 2.05) is 23.0 Å². The van der Waals surface area contributed by atoms with Gasteiger partial charge in [-0.2, -0.15) is 5.10 Å². The maximum Gasteiger partial charge on any atom is 0.256 e. The SMILES string of the molecule is COc1ccc(C(=O)Nc2ccn(Cc3ccccc3C)n2)cc1. The molecule has 3 aromatic rings. The van der Waals surface area contributed by atoms with Gasteiger partial charge in [-0.25, -0.2) is 0 Å². The topological polar surface area (TPSA) is 56.1 Å². The van der Waals surface area contributed by atoms with Crippen molar-refractivity contribution in [1.29, 1.82) is 0 Å². The van der Waals surface area contributed by atoms with Gasteiger partial charge in [0.2, 0.25) is 0 Å². The fourth-order valence-electron chi connectivity index (χ4n) is 2.41. The van der Waals surface area contributed by atoms with Crippen LogP contribution >= 0.6 is 0 Å². The first-order valence-electron chi connectivity index (χ1n) is 7.69. The molecule has 24 heavy (non-hydrogen) atoms. The third-order valence-corrected chi connectivity index (χ3v) is 3.83. The quantitative estimate of drug-likeness (QED) is 0.782. The zero-order valence-electron chi connectivity index (χ0n) is 13.7. The largest absolute Gasteiger partial charge is 0.497 e. The van der Waals surface area contributed by atoms with Gasteiger partial charge in [0.25, 0.3) is 5.91 Å². The number of nitrogens with one attached hydrogen (secondary N) is 1. The Morgan fingerprint density at radius 2 is 1.88 bits per heavy atom. The maximum absolute atomic E-state index is 12.2. The number of ether oxygens (including phenoxy) is 1. The van der Waals surface area contributed by atoms with Crippen molar-refractivity contribution >= 4 is 11.7 Å². The third-order valence-electron chi connectivity index (χ3n) is 3.83. The number of aromatic nitrogens is 2. The zero-order chi connectivity index (χ0) is 16.9. The number of benzene rings is 2. The van der Waals surface area contributed by atoms with Gasteiger partial charge in [-0.1, -0.05) is 24.3 Å². The Labute approximate surface area is 140 Å². The molecule has 5 nitrogen and oxygen atoms in total. The first kappa shape index (κ1) is 15.8. The second-order valence-electron chi connectivity index (χ2n) is 5.51. The molecule has 0 spiro atoms. The van der Waals surface area contributed by atoms with E-state index in [1.165, 1.54) is 11.1 Å². The Balaban J connectivity index is 1.67. The first-order valence-corrected chi connectivity index (χ1v) is 7.69. The van der Waals surface area contributed by atoms with Crippen LogP contribution in [0.15, 0.2) is 60.8 Å². The molecule has 0 saturated carbocycles. The van der Waals surface area contributed by atoms with E-state index in [2.05, 4.69) is 29.5 Å². The molecule has 0 radical (unpaired) electrons. The summed E-state index contributed by atoms with van der Waals surface area (Å²) in [5.41, 5.74) is 2.98. The highest BCUT2D eigenvalue weighted by Gasteiger charge is 2.08. The second kappa shape index (κ2) is 7.00. The number of rotatable bonds is 5. The lowest BCUT2D eigenvalue weighted by molar-refractivity contribution is 0.102. The second-order valence-corrected chi connectivity index (χ2v) is 5.51. The summed E-state index contributed by atoms with van der Waals surface area (Å²) >= 11 is 0. The van der Waals surface area contributed by atoms with Crippen LogP contribution in [0.3, 0.4) is 0 Å². The van der Waals surface area contributed by atoms with Gasteiger partial charge < -0.3 is 10.1 Å². The molecule has 1 amide bonds. The van der Waals surface area contributed by atoms with E-state index >= 15 is 0 Å². The summed E-state index contributed by atoms with van der Waals surface area (Å²) < 4.78 is 6.90. The van der Waals surface area contributed by atoms with Crippen LogP contribution < -0.4 is 10.1 Å². The highest BCUT2D eigenvalue weighted by molar-refractivity contribution is 6.03. The van der Waals surface area contributed by atoms with E-state index in [-0.39, 0.29) is 5.91 Å². The Kier molecular flexibility index (Phi) is 4.61. The van der Waals surface area contributed by atoms with Crippen molar-refractivity contribution in [2.45, 2.75) is 13.5 Å². The Bertz CT molecular complexity index is 838. The first-order chi connectivity index (χ1) is 11.7. The van der Waals surface area contributed by atoms with Crippen molar-refractivity contribution in [3.8, 4) is 5.75 Å². The van der Waals surface area contributed by atoms with Crippen LogP contribution in [0.5, 0.6) is 5.75 Å². The van der Waals surface area contributed by atoms with Gasteiger partial charge in [0.1, 0.15) is 5.75 Å². The van der Waals surface area contributed by atoms with Crippen molar-refractivity contribution < 1.29 is 9.53 Å². The van der Waals surface area contributed by atoms with Crippen molar-refractivity contribution in [3.05, 3.63) is 77.5 Å². The molecule has 3 rings (SSSR count). The normalized spacial score (nSPS) is 10.4. The van der Waals surface area contributed by atoms with Gasteiger partial charge in [-0.15, -0.1) is 0 Å². The highest BCUT2D eigenvalue weighted by atomic mass is 16.5. The summed E-state index contributed by atoms with van der Waals surface area (Å²) in [4.78, 5) is 12.2. The molecule has 0 aliphatic heterocycles. The monoisotopic (exact) mass is 321 g/mol. The van der Waals surface area contributed by atoms with Gasteiger partial charge in [-0.3, -0.25) is 9.48 Å². The molecule has 0 unspecified atom stereocenters. The van der Waals surface area contributed by atoms with Gasteiger partial charge in [0.05, 0.1) is 13.7 Å². The number of aryl methyl sites for hydroxylation is 1. The van der Waals surface area contributed by atoms with E-state index in [9.17, 15) is 4.79 Å². The number of carbonyl (C=O) groups is 1. The summed E-state index contributed by atoms with van der Waals surface area (Å²) in [6.45, 7) is 2.75. The summed E-state index contributed by atoms with van der Waals surface area (Å²) in [6.07, 6.45) is 1.86. The number of methoxy groups -OCH3 is 1. The third kappa shape index (κ3) is 3.63. The Morgan fingerprint density at radius 3 is 2.58 bits per heavy atom. The molecule has 2 aromatic carbocycles. The minimum Gasteiger partial charge on any atom is -0.497 e. The number of anilines is 1. The predicted octanol–water partition coefficient (Wildman–Crippen LogP) is 3.50.